The predicted octanol–water partition coefficient (Wildman–Crippen LogP) is 5.01. The van der Waals surface area contributed by atoms with Crippen LogP contribution in [0.2, 0.25) is 5.02 Å². The summed E-state index contributed by atoms with van der Waals surface area (Å²) in [5, 5.41) is 10.1. The maximum absolute atomic E-state index is 12.9. The van der Waals surface area contributed by atoms with Crippen LogP contribution < -0.4 is 4.72 Å². The lowest BCUT2D eigenvalue weighted by atomic mass is 10.3. The maximum atomic E-state index is 12.9. The van der Waals surface area contributed by atoms with Gasteiger partial charge >= 0.3 is 0 Å². The molecule has 1 N–H and O–H groups in total. The number of alkyl halides is 2. The van der Waals surface area contributed by atoms with E-state index in [2.05, 4.69) is 20.8 Å². The van der Waals surface area contributed by atoms with E-state index in [1.807, 2.05) is 13.1 Å². The van der Waals surface area contributed by atoms with Crippen molar-refractivity contribution in [2.45, 2.75) is 36.6 Å². The van der Waals surface area contributed by atoms with E-state index in [4.69, 9.17) is 16.9 Å². The lowest BCUT2D eigenvalue weighted by molar-refractivity contribution is 0.155. The Hall–Kier alpha value is -1.73. The minimum Gasteiger partial charge on any atom is -0.295 e. The number of fused-ring (bicyclic) bond motifs is 1. The Morgan fingerprint density at radius 1 is 1.50 bits per heavy atom. The zero-order valence-electron chi connectivity index (χ0n) is 13.5. The van der Waals surface area contributed by atoms with E-state index in [0.29, 0.717) is 27.1 Å². The standard InChI is InChI=1S/C16H12ClF2N5S2/c1-8-12-10(17)4-9(26-23-16(7-20)2-3-16)6-24(12)14(22-8)15-21-5-11(25-15)13(18)19/h4-6,13,23H,2-3H2,1H3. The fraction of sp³-hybridized carbons (Fsp3) is 0.312. The van der Waals surface area contributed by atoms with E-state index in [9.17, 15) is 8.78 Å². The maximum Gasteiger partial charge on any atom is 0.274 e. The zero-order chi connectivity index (χ0) is 18.5. The molecule has 0 spiro atoms. The number of nitrogens with zero attached hydrogens (tertiary/aromatic N) is 4. The van der Waals surface area contributed by atoms with Gasteiger partial charge in [0.25, 0.3) is 6.43 Å². The number of halogens is 3. The second kappa shape index (κ2) is 6.46. The summed E-state index contributed by atoms with van der Waals surface area (Å²) in [7, 11) is 0. The molecule has 3 aromatic heterocycles. The first-order valence-corrected chi connectivity index (χ1v) is 9.71. The molecule has 10 heteroatoms. The van der Waals surface area contributed by atoms with Gasteiger partial charge in [0, 0.05) is 17.3 Å². The van der Waals surface area contributed by atoms with Gasteiger partial charge < -0.3 is 0 Å². The molecule has 1 aliphatic rings. The number of hydrogen-bond donors (Lipinski definition) is 1. The van der Waals surface area contributed by atoms with E-state index in [1.54, 1.807) is 10.5 Å². The molecule has 26 heavy (non-hydrogen) atoms. The SMILES string of the molecule is Cc1nc(-c2ncc(C(F)F)s2)n2cc(SNC3(C#N)CC3)cc(Cl)c12. The number of thiazole rings is 1. The number of rotatable bonds is 5. The Labute approximate surface area is 161 Å². The van der Waals surface area contributed by atoms with Gasteiger partial charge in [0.2, 0.25) is 0 Å². The van der Waals surface area contributed by atoms with Gasteiger partial charge in [-0.1, -0.05) is 11.6 Å². The van der Waals surface area contributed by atoms with Crippen LogP contribution in [0.5, 0.6) is 0 Å². The van der Waals surface area contributed by atoms with Crippen molar-refractivity contribution in [2.24, 2.45) is 0 Å². The monoisotopic (exact) mass is 411 g/mol. The van der Waals surface area contributed by atoms with Gasteiger partial charge in [0.15, 0.2) is 10.8 Å². The summed E-state index contributed by atoms with van der Waals surface area (Å²) in [5.74, 6) is 0.472. The van der Waals surface area contributed by atoms with Crippen LogP contribution in [-0.4, -0.2) is 19.9 Å². The molecule has 1 saturated carbocycles. The van der Waals surface area contributed by atoms with Crippen molar-refractivity contribution in [2.75, 3.05) is 0 Å². The zero-order valence-corrected chi connectivity index (χ0v) is 15.9. The van der Waals surface area contributed by atoms with Crippen LogP contribution in [0.1, 0.15) is 29.8 Å². The molecule has 0 radical (unpaired) electrons. The van der Waals surface area contributed by atoms with Crippen LogP contribution in [0.25, 0.3) is 16.3 Å². The van der Waals surface area contributed by atoms with Gasteiger partial charge in [-0.3, -0.25) is 4.40 Å². The van der Waals surface area contributed by atoms with Crippen LogP contribution in [0, 0.1) is 18.3 Å². The van der Waals surface area contributed by atoms with Gasteiger partial charge in [0.05, 0.1) is 27.2 Å². The molecule has 1 aliphatic carbocycles. The van der Waals surface area contributed by atoms with Crippen LogP contribution in [0.15, 0.2) is 23.4 Å². The number of pyridine rings is 1. The quantitative estimate of drug-likeness (QED) is 0.598. The predicted molar refractivity (Wildman–Crippen MR) is 97.6 cm³/mol. The van der Waals surface area contributed by atoms with E-state index >= 15 is 0 Å². The number of aryl methyl sites for hydroxylation is 1. The van der Waals surface area contributed by atoms with Gasteiger partial charge in [-0.15, -0.1) is 11.3 Å². The van der Waals surface area contributed by atoms with Crippen LogP contribution in [0.4, 0.5) is 8.78 Å². The molecule has 5 nitrogen and oxygen atoms in total. The van der Waals surface area contributed by atoms with Crippen molar-refractivity contribution < 1.29 is 8.78 Å². The van der Waals surface area contributed by atoms with Gasteiger partial charge in [0.1, 0.15) is 5.54 Å². The Kier molecular flexibility index (Phi) is 4.39. The third kappa shape index (κ3) is 3.07. The Balaban J connectivity index is 1.75. The highest BCUT2D eigenvalue weighted by Crippen LogP contribution is 2.39. The molecule has 4 rings (SSSR count). The van der Waals surface area contributed by atoms with Gasteiger partial charge in [-0.25, -0.2) is 23.5 Å². The van der Waals surface area contributed by atoms with E-state index in [-0.39, 0.29) is 4.88 Å². The molecule has 134 valence electrons. The van der Waals surface area contributed by atoms with Crippen molar-refractivity contribution in [3.8, 4) is 16.9 Å². The molecular weight excluding hydrogens is 400 g/mol. The topological polar surface area (TPSA) is 66.0 Å². The van der Waals surface area contributed by atoms with Crippen molar-refractivity contribution in [1.29, 1.82) is 5.26 Å². The molecule has 0 bridgehead atoms. The smallest absolute Gasteiger partial charge is 0.274 e. The fourth-order valence-electron chi connectivity index (χ4n) is 2.53. The van der Waals surface area contributed by atoms with E-state index in [1.165, 1.54) is 18.1 Å². The average molecular weight is 412 g/mol. The molecule has 3 heterocycles. The van der Waals surface area contributed by atoms with Crippen molar-refractivity contribution in [1.82, 2.24) is 19.1 Å². The summed E-state index contributed by atoms with van der Waals surface area (Å²) in [5.41, 5.74) is 0.932. The molecular formula is C16H12ClF2N5S2. The lowest BCUT2D eigenvalue weighted by Crippen LogP contribution is -2.22. The summed E-state index contributed by atoms with van der Waals surface area (Å²) >= 11 is 8.66. The first-order valence-electron chi connectivity index (χ1n) is 7.70. The summed E-state index contributed by atoms with van der Waals surface area (Å²) in [6, 6.07) is 4.06. The van der Waals surface area contributed by atoms with E-state index in [0.717, 1.165) is 29.1 Å². The Morgan fingerprint density at radius 3 is 2.88 bits per heavy atom. The van der Waals surface area contributed by atoms with Crippen LogP contribution in [-0.2, 0) is 0 Å². The molecule has 3 aromatic rings. The fourth-order valence-corrected chi connectivity index (χ4v) is 4.60. The number of hydrogen-bond acceptors (Lipinski definition) is 6. The van der Waals surface area contributed by atoms with Gasteiger partial charge in [-0.2, -0.15) is 5.26 Å². The second-order valence-electron chi connectivity index (χ2n) is 6.03. The molecule has 0 aromatic carbocycles. The highest BCUT2D eigenvalue weighted by molar-refractivity contribution is 7.97. The third-order valence-electron chi connectivity index (χ3n) is 4.10. The average Bonchev–Trinajstić information content (AvgIpc) is 3.07. The minimum absolute atomic E-state index is 0.0996. The molecule has 1 fully saturated rings. The number of nitriles is 1. The van der Waals surface area contributed by atoms with Crippen LogP contribution >= 0.6 is 34.9 Å². The summed E-state index contributed by atoms with van der Waals surface area (Å²) in [4.78, 5) is 9.26. The van der Waals surface area contributed by atoms with Gasteiger partial charge in [-0.05, 0) is 37.8 Å². The summed E-state index contributed by atoms with van der Waals surface area (Å²) in [6.07, 6.45) is 2.07. The van der Waals surface area contributed by atoms with Crippen molar-refractivity contribution in [3.63, 3.8) is 0 Å². The van der Waals surface area contributed by atoms with Crippen molar-refractivity contribution in [3.05, 3.63) is 34.1 Å². The molecule has 0 aliphatic heterocycles. The molecule has 0 unspecified atom stereocenters. The first kappa shape index (κ1) is 17.7. The number of imidazole rings is 1. The molecule has 0 amide bonds. The number of nitrogens with one attached hydrogen (secondary N) is 1. The Morgan fingerprint density at radius 2 is 2.27 bits per heavy atom. The molecule has 0 saturated heterocycles. The summed E-state index contributed by atoms with van der Waals surface area (Å²) < 4.78 is 30.7. The second-order valence-corrected chi connectivity index (χ2v) is 8.38. The highest BCUT2D eigenvalue weighted by atomic mass is 35.5. The number of aromatic nitrogens is 3. The largest absolute Gasteiger partial charge is 0.295 e. The van der Waals surface area contributed by atoms with E-state index < -0.39 is 12.0 Å². The molecule has 0 atom stereocenters. The van der Waals surface area contributed by atoms with Crippen LogP contribution in [0.3, 0.4) is 0 Å². The normalized spacial score (nSPS) is 15.5. The summed E-state index contributed by atoms with van der Waals surface area (Å²) in [6.45, 7) is 1.81. The highest BCUT2D eigenvalue weighted by Gasteiger charge is 2.43. The minimum atomic E-state index is -2.56. The third-order valence-corrected chi connectivity index (χ3v) is 6.34. The first-order chi connectivity index (χ1) is 12.4. The van der Waals surface area contributed by atoms with Crippen molar-refractivity contribution >= 4 is 40.4 Å². The Bertz CT molecular complexity index is 1040. The lowest BCUT2D eigenvalue weighted by Gasteiger charge is -2.09.